The Hall–Kier alpha value is -2.71. The Balaban J connectivity index is 1.51. The van der Waals surface area contributed by atoms with E-state index in [0.717, 1.165) is 32.6 Å². The Kier molecular flexibility index (Phi) is 6.11. The molecule has 160 valence electrons. The number of aryl methyl sites for hydroxylation is 3. The van der Waals surface area contributed by atoms with Crippen molar-refractivity contribution in [1.82, 2.24) is 9.88 Å². The van der Waals surface area contributed by atoms with E-state index in [4.69, 9.17) is 0 Å². The van der Waals surface area contributed by atoms with Gasteiger partial charge in [-0.15, -0.1) is 0 Å². The Morgan fingerprint density at radius 3 is 2.58 bits per heavy atom. The second-order valence-electron chi connectivity index (χ2n) is 7.57. The van der Waals surface area contributed by atoms with Gasteiger partial charge < -0.3 is 5.32 Å². The number of nitrogens with zero attached hydrogens (tertiary/aromatic N) is 3. The molecule has 1 aliphatic heterocycles. The Labute approximate surface area is 189 Å². The van der Waals surface area contributed by atoms with Gasteiger partial charge in [-0.2, -0.15) is 4.99 Å². The number of hydrogen-bond donors (Lipinski definition) is 1. The summed E-state index contributed by atoms with van der Waals surface area (Å²) in [5.74, 6) is -0.252. The minimum Gasteiger partial charge on any atom is -0.326 e. The molecule has 0 bridgehead atoms. The van der Waals surface area contributed by atoms with Gasteiger partial charge in [0.05, 0.1) is 10.2 Å². The lowest BCUT2D eigenvalue weighted by molar-refractivity contribution is -0.128. The normalized spacial score (nSPS) is 17.7. The SMILES string of the molecule is CCN1C(=O)[C@H](CC(=O)Nc2c(C)cc(C)cc2C)SC1=Nc1nc2ccccc2s1. The van der Waals surface area contributed by atoms with Crippen LogP contribution in [0.2, 0.25) is 0 Å². The second-order valence-corrected chi connectivity index (χ2v) is 9.75. The lowest BCUT2D eigenvalue weighted by Crippen LogP contribution is -2.33. The third-order valence-corrected chi connectivity index (χ3v) is 7.23. The fourth-order valence-corrected chi connectivity index (χ4v) is 5.84. The van der Waals surface area contributed by atoms with Crippen LogP contribution in [0.15, 0.2) is 41.4 Å². The maximum Gasteiger partial charge on any atom is 0.242 e. The van der Waals surface area contributed by atoms with E-state index >= 15 is 0 Å². The molecule has 2 heterocycles. The quantitative estimate of drug-likeness (QED) is 0.577. The predicted molar refractivity (Wildman–Crippen MR) is 129 cm³/mol. The molecular formula is C23H24N4O2S2. The van der Waals surface area contributed by atoms with E-state index in [-0.39, 0.29) is 18.2 Å². The zero-order valence-electron chi connectivity index (χ0n) is 17.9. The standard InChI is InChI=1S/C23H24N4O2S2/c1-5-27-21(29)18(12-19(28)25-20-14(3)10-13(2)11-15(20)4)31-23(27)26-22-24-16-8-6-7-9-17(16)30-22/h6-11,18H,5,12H2,1-4H3,(H,25,28)/t18-/m0/s1. The van der Waals surface area contributed by atoms with Crippen LogP contribution in [0, 0.1) is 20.8 Å². The van der Waals surface area contributed by atoms with Gasteiger partial charge in [0, 0.05) is 18.7 Å². The largest absolute Gasteiger partial charge is 0.326 e. The zero-order chi connectivity index (χ0) is 22.1. The summed E-state index contributed by atoms with van der Waals surface area (Å²) >= 11 is 2.83. The van der Waals surface area contributed by atoms with Gasteiger partial charge in [-0.25, -0.2) is 4.98 Å². The van der Waals surface area contributed by atoms with Crippen molar-refractivity contribution in [1.29, 1.82) is 0 Å². The number of rotatable bonds is 5. The maximum atomic E-state index is 12.9. The molecule has 1 N–H and O–H groups in total. The lowest BCUT2D eigenvalue weighted by atomic mass is 10.0. The topological polar surface area (TPSA) is 74.7 Å². The van der Waals surface area contributed by atoms with Crippen LogP contribution in [0.3, 0.4) is 0 Å². The summed E-state index contributed by atoms with van der Waals surface area (Å²) in [5, 5.41) is 3.73. The van der Waals surface area contributed by atoms with Crippen molar-refractivity contribution in [3.05, 3.63) is 53.1 Å². The van der Waals surface area contributed by atoms with Crippen LogP contribution in [0.25, 0.3) is 10.2 Å². The maximum absolute atomic E-state index is 12.9. The van der Waals surface area contributed by atoms with Crippen molar-refractivity contribution in [3.8, 4) is 0 Å². The number of carbonyl (C=O) groups is 2. The Bertz CT molecular complexity index is 1150. The minimum atomic E-state index is -0.487. The molecule has 1 saturated heterocycles. The number of carbonyl (C=O) groups excluding carboxylic acids is 2. The minimum absolute atomic E-state index is 0.0835. The van der Waals surface area contributed by atoms with E-state index in [1.54, 1.807) is 4.90 Å². The summed E-state index contributed by atoms with van der Waals surface area (Å²) in [5.41, 5.74) is 4.91. The summed E-state index contributed by atoms with van der Waals surface area (Å²) in [7, 11) is 0. The number of benzene rings is 2. The fourth-order valence-electron chi connectivity index (χ4n) is 3.74. The Morgan fingerprint density at radius 2 is 1.90 bits per heavy atom. The molecule has 0 saturated carbocycles. The molecule has 0 radical (unpaired) electrons. The average Bonchev–Trinajstić information content (AvgIpc) is 3.25. The lowest BCUT2D eigenvalue weighted by Gasteiger charge is -2.14. The molecule has 3 aromatic rings. The zero-order valence-corrected chi connectivity index (χ0v) is 19.6. The van der Waals surface area contributed by atoms with Crippen LogP contribution in [-0.4, -0.2) is 38.7 Å². The predicted octanol–water partition coefficient (Wildman–Crippen LogP) is 5.20. The fraction of sp³-hybridized carbons (Fsp3) is 0.304. The molecule has 1 aliphatic rings. The highest BCUT2D eigenvalue weighted by Gasteiger charge is 2.38. The van der Waals surface area contributed by atoms with Crippen LogP contribution >= 0.6 is 23.1 Å². The van der Waals surface area contributed by atoms with Crippen molar-refractivity contribution in [3.63, 3.8) is 0 Å². The highest BCUT2D eigenvalue weighted by molar-refractivity contribution is 8.15. The molecule has 8 heteroatoms. The molecular weight excluding hydrogens is 428 g/mol. The molecule has 0 spiro atoms. The van der Waals surface area contributed by atoms with Crippen molar-refractivity contribution in [2.24, 2.45) is 4.99 Å². The van der Waals surface area contributed by atoms with E-state index in [2.05, 4.69) is 15.3 Å². The van der Waals surface area contributed by atoms with Crippen LogP contribution in [0.4, 0.5) is 10.8 Å². The van der Waals surface area contributed by atoms with Gasteiger partial charge in [-0.3, -0.25) is 14.5 Å². The van der Waals surface area contributed by atoms with Gasteiger partial charge in [0.15, 0.2) is 5.17 Å². The molecule has 4 rings (SSSR count). The monoisotopic (exact) mass is 452 g/mol. The molecule has 2 amide bonds. The first-order valence-corrected chi connectivity index (χ1v) is 11.8. The number of anilines is 1. The van der Waals surface area contributed by atoms with Crippen LogP contribution in [0.1, 0.15) is 30.0 Å². The van der Waals surface area contributed by atoms with Gasteiger partial charge in [0.25, 0.3) is 0 Å². The van der Waals surface area contributed by atoms with Crippen LogP contribution in [-0.2, 0) is 9.59 Å². The molecule has 31 heavy (non-hydrogen) atoms. The number of para-hydroxylation sites is 1. The number of thiazole rings is 1. The van der Waals surface area contributed by atoms with Crippen molar-refractivity contribution in [2.75, 3.05) is 11.9 Å². The molecule has 1 aromatic heterocycles. The highest BCUT2D eigenvalue weighted by Crippen LogP contribution is 2.34. The van der Waals surface area contributed by atoms with Crippen LogP contribution in [0.5, 0.6) is 0 Å². The Morgan fingerprint density at radius 1 is 1.19 bits per heavy atom. The van der Waals surface area contributed by atoms with E-state index < -0.39 is 5.25 Å². The third-order valence-electron chi connectivity index (χ3n) is 5.12. The number of nitrogens with one attached hydrogen (secondary N) is 1. The summed E-state index contributed by atoms with van der Waals surface area (Å²) in [6.07, 6.45) is 0.103. The number of amides is 2. The highest BCUT2D eigenvalue weighted by atomic mass is 32.2. The van der Waals surface area contributed by atoms with E-state index in [1.807, 2.05) is 64.1 Å². The smallest absolute Gasteiger partial charge is 0.242 e. The first kappa shape index (κ1) is 21.5. The van der Waals surface area contributed by atoms with Gasteiger partial charge in [-0.1, -0.05) is 52.9 Å². The summed E-state index contributed by atoms with van der Waals surface area (Å²) in [6.45, 7) is 8.40. The summed E-state index contributed by atoms with van der Waals surface area (Å²) in [6, 6.07) is 11.9. The van der Waals surface area contributed by atoms with Crippen molar-refractivity contribution < 1.29 is 9.59 Å². The van der Waals surface area contributed by atoms with Gasteiger partial charge >= 0.3 is 0 Å². The van der Waals surface area contributed by atoms with Crippen molar-refractivity contribution >= 4 is 61.1 Å². The van der Waals surface area contributed by atoms with Crippen LogP contribution < -0.4 is 5.32 Å². The first-order valence-electron chi connectivity index (χ1n) is 10.2. The number of fused-ring (bicyclic) bond motifs is 1. The van der Waals surface area contributed by atoms with E-state index in [9.17, 15) is 9.59 Å². The number of thioether (sulfide) groups is 1. The first-order chi connectivity index (χ1) is 14.9. The van der Waals surface area contributed by atoms with Crippen molar-refractivity contribution in [2.45, 2.75) is 39.4 Å². The summed E-state index contributed by atoms with van der Waals surface area (Å²) < 4.78 is 1.05. The number of hydrogen-bond acceptors (Lipinski definition) is 6. The molecule has 1 atom stereocenters. The number of aliphatic imine (C=N–C) groups is 1. The van der Waals surface area contributed by atoms with Gasteiger partial charge in [-0.05, 0) is 51.0 Å². The molecule has 6 nitrogen and oxygen atoms in total. The molecule has 1 fully saturated rings. The third kappa shape index (κ3) is 4.50. The second kappa shape index (κ2) is 8.80. The molecule has 2 aromatic carbocycles. The van der Waals surface area contributed by atoms with E-state index in [0.29, 0.717) is 16.8 Å². The number of amidine groups is 1. The van der Waals surface area contributed by atoms with E-state index in [1.165, 1.54) is 23.1 Å². The summed E-state index contributed by atoms with van der Waals surface area (Å²) in [4.78, 5) is 36.5. The number of aromatic nitrogens is 1. The molecule has 0 aliphatic carbocycles. The average molecular weight is 453 g/mol. The molecule has 0 unspecified atom stereocenters. The van der Waals surface area contributed by atoms with Gasteiger partial charge in [0.2, 0.25) is 16.9 Å². The van der Waals surface area contributed by atoms with Gasteiger partial charge in [0.1, 0.15) is 5.25 Å².